The molecule has 3 amide bonds. The Morgan fingerprint density at radius 3 is 2.66 bits per heavy atom. The fraction of sp³-hybridized carbons (Fsp3) is 0.486. The summed E-state index contributed by atoms with van der Waals surface area (Å²) in [5, 5.41) is 20.0. The fourth-order valence-corrected chi connectivity index (χ4v) is 7.38. The number of halogens is 1. The molecule has 3 aromatic rings. The van der Waals surface area contributed by atoms with Crippen molar-refractivity contribution in [3.8, 4) is 11.4 Å². The van der Waals surface area contributed by atoms with Crippen molar-refractivity contribution in [2.24, 2.45) is 5.92 Å². The van der Waals surface area contributed by atoms with Gasteiger partial charge in [0.15, 0.2) is 5.60 Å². The SMILES string of the molecule is CC[C@@]1(O)C(=O)OCc2c1cc1n(c2=O)Cc2c-1nc1cc(F)c(C)c3c1c2[C@@H](NC(=O)C(CC1CC1)OCNC(=O)CNC(=O)OC)CC3. The number of hydrogen-bond acceptors (Lipinski definition) is 10. The van der Waals surface area contributed by atoms with Crippen LogP contribution in [0.3, 0.4) is 0 Å². The van der Waals surface area contributed by atoms with Crippen molar-refractivity contribution in [3.05, 3.63) is 61.7 Å². The maximum Gasteiger partial charge on any atom is 0.407 e. The summed E-state index contributed by atoms with van der Waals surface area (Å²) in [5.74, 6) is -1.84. The first-order chi connectivity index (χ1) is 23.9. The van der Waals surface area contributed by atoms with Crippen LogP contribution in [0.25, 0.3) is 22.3 Å². The topological polar surface area (TPSA) is 187 Å². The maximum absolute atomic E-state index is 15.3. The third kappa shape index (κ3) is 5.67. The second kappa shape index (κ2) is 12.8. The molecule has 1 saturated carbocycles. The van der Waals surface area contributed by atoms with Crippen LogP contribution < -0.4 is 21.5 Å². The third-order valence-electron chi connectivity index (χ3n) is 10.4. The first kappa shape index (κ1) is 33.6. The Labute approximate surface area is 285 Å². The van der Waals surface area contributed by atoms with Crippen LogP contribution in [-0.2, 0) is 53.8 Å². The van der Waals surface area contributed by atoms with Gasteiger partial charge in [0.2, 0.25) is 11.8 Å². The number of aliphatic hydroxyl groups is 1. The summed E-state index contributed by atoms with van der Waals surface area (Å²) in [4.78, 5) is 68.8. The number of methoxy groups -OCH3 is 1. The number of nitrogens with one attached hydrogen (secondary N) is 3. The molecule has 0 bridgehead atoms. The number of aryl methyl sites for hydroxylation is 1. The molecule has 2 aliphatic heterocycles. The number of carbonyl (C=O) groups is 4. The summed E-state index contributed by atoms with van der Waals surface area (Å²) in [5.41, 5.74) is 1.78. The average molecular weight is 692 g/mol. The predicted molar refractivity (Wildman–Crippen MR) is 174 cm³/mol. The van der Waals surface area contributed by atoms with Crippen molar-refractivity contribution in [3.63, 3.8) is 0 Å². The van der Waals surface area contributed by atoms with Crippen molar-refractivity contribution < 1.29 is 42.9 Å². The molecule has 15 heteroatoms. The van der Waals surface area contributed by atoms with Crippen LogP contribution in [-0.4, -0.2) is 65.0 Å². The largest absolute Gasteiger partial charge is 0.458 e. The van der Waals surface area contributed by atoms with Gasteiger partial charge >= 0.3 is 12.1 Å². The van der Waals surface area contributed by atoms with Gasteiger partial charge in [-0.05, 0) is 61.3 Å². The highest BCUT2D eigenvalue weighted by Crippen LogP contribution is 2.46. The first-order valence-corrected chi connectivity index (χ1v) is 16.8. The molecule has 0 saturated heterocycles. The Bertz CT molecular complexity index is 2030. The van der Waals surface area contributed by atoms with E-state index in [-0.39, 0.29) is 49.9 Å². The molecule has 4 heterocycles. The molecule has 264 valence electrons. The molecule has 0 spiro atoms. The van der Waals surface area contributed by atoms with E-state index in [9.17, 15) is 29.1 Å². The van der Waals surface area contributed by atoms with Crippen molar-refractivity contribution in [1.29, 1.82) is 0 Å². The quantitative estimate of drug-likeness (QED) is 0.142. The van der Waals surface area contributed by atoms with Crippen molar-refractivity contribution in [1.82, 2.24) is 25.5 Å². The van der Waals surface area contributed by atoms with Gasteiger partial charge in [0, 0.05) is 22.6 Å². The molecular weight excluding hydrogens is 653 g/mol. The maximum atomic E-state index is 15.3. The van der Waals surface area contributed by atoms with Gasteiger partial charge in [0.25, 0.3) is 5.56 Å². The van der Waals surface area contributed by atoms with Crippen molar-refractivity contribution >= 4 is 34.8 Å². The number of pyridine rings is 2. The van der Waals surface area contributed by atoms with Crippen molar-refractivity contribution in [2.75, 3.05) is 20.4 Å². The molecule has 7 rings (SSSR count). The monoisotopic (exact) mass is 691 g/mol. The molecule has 0 radical (unpaired) electrons. The van der Waals surface area contributed by atoms with Gasteiger partial charge in [0.1, 0.15) is 31.8 Å². The van der Waals surface area contributed by atoms with Gasteiger partial charge in [-0.15, -0.1) is 0 Å². The number of fused-ring (bicyclic) bond motifs is 5. The highest BCUT2D eigenvalue weighted by atomic mass is 19.1. The number of cyclic esters (lactones) is 1. The zero-order valence-electron chi connectivity index (χ0n) is 27.9. The number of hydrogen-bond donors (Lipinski definition) is 4. The highest BCUT2D eigenvalue weighted by molar-refractivity contribution is 5.94. The summed E-state index contributed by atoms with van der Waals surface area (Å²) >= 11 is 0. The van der Waals surface area contributed by atoms with Crippen LogP contribution in [0.2, 0.25) is 0 Å². The molecule has 4 N–H and O–H groups in total. The number of alkyl carbamates (subject to hydrolysis) is 1. The molecule has 2 aromatic heterocycles. The third-order valence-corrected chi connectivity index (χ3v) is 10.4. The molecule has 2 aliphatic carbocycles. The van der Waals surface area contributed by atoms with Crippen molar-refractivity contribution in [2.45, 2.75) is 83.3 Å². The van der Waals surface area contributed by atoms with E-state index in [1.807, 2.05) is 0 Å². The molecule has 1 aromatic carbocycles. The minimum atomic E-state index is -2.00. The van der Waals surface area contributed by atoms with Crippen LogP contribution in [0.4, 0.5) is 9.18 Å². The normalized spacial score (nSPS) is 20.7. The van der Waals surface area contributed by atoms with Gasteiger partial charge in [-0.1, -0.05) is 19.8 Å². The first-order valence-electron chi connectivity index (χ1n) is 16.8. The zero-order valence-corrected chi connectivity index (χ0v) is 27.9. The number of rotatable bonds is 10. The molecule has 3 atom stereocenters. The van der Waals surface area contributed by atoms with Gasteiger partial charge in [-0.25, -0.2) is 19.0 Å². The molecular formula is C35H38FN5O9. The lowest BCUT2D eigenvalue weighted by atomic mass is 9.81. The van der Waals surface area contributed by atoms with Gasteiger partial charge < -0.3 is 39.8 Å². The number of esters is 1. The number of ether oxygens (including phenoxy) is 3. The molecule has 1 unspecified atom stereocenters. The van der Waals surface area contributed by atoms with Gasteiger partial charge in [-0.2, -0.15) is 0 Å². The Morgan fingerprint density at radius 1 is 1.16 bits per heavy atom. The van der Waals surface area contributed by atoms with E-state index in [0.29, 0.717) is 53.2 Å². The number of aromatic nitrogens is 2. The molecule has 4 aliphatic rings. The molecule has 50 heavy (non-hydrogen) atoms. The Balaban J connectivity index is 1.23. The Kier molecular flexibility index (Phi) is 8.58. The van der Waals surface area contributed by atoms with Crippen LogP contribution in [0.15, 0.2) is 16.9 Å². The fourth-order valence-electron chi connectivity index (χ4n) is 7.38. The zero-order chi connectivity index (χ0) is 35.5. The summed E-state index contributed by atoms with van der Waals surface area (Å²) in [6, 6.07) is 2.42. The molecule has 1 fully saturated rings. The second-order valence-corrected chi connectivity index (χ2v) is 13.3. The molecule has 14 nitrogen and oxygen atoms in total. The van der Waals surface area contributed by atoms with Gasteiger partial charge in [-0.3, -0.25) is 14.4 Å². The lowest BCUT2D eigenvalue weighted by Gasteiger charge is -2.31. The Morgan fingerprint density at radius 2 is 1.94 bits per heavy atom. The van der Waals surface area contributed by atoms with Crippen LogP contribution in [0.5, 0.6) is 0 Å². The lowest BCUT2D eigenvalue weighted by Crippen LogP contribution is -2.44. The minimum Gasteiger partial charge on any atom is -0.458 e. The van der Waals surface area contributed by atoms with E-state index < -0.39 is 47.1 Å². The van der Waals surface area contributed by atoms with E-state index in [0.717, 1.165) is 29.4 Å². The number of carbonyl (C=O) groups excluding carboxylic acids is 4. The van der Waals surface area contributed by atoms with E-state index >= 15 is 4.39 Å². The summed E-state index contributed by atoms with van der Waals surface area (Å²) < 4.78 is 32.3. The standard InChI is InChI=1S/C35H38FN5O9/c1-4-35(47)21-10-25-30-19(13-41(25)32(44)20(21)14-49-33(35)45)29-23(8-7-18-16(2)22(36)11-24(39-30)28(18)29)40-31(43)26(9-17-5-6-17)50-15-38-27(42)12-37-34(46)48-3/h10-11,17,23,26,47H,4-9,12-15H2,1-3H3,(H,37,46)(H,38,42)(H,40,43)/t23-,26?,35-/m0/s1. The number of nitrogens with zero attached hydrogens (tertiary/aromatic N) is 2. The minimum absolute atomic E-state index is 0.00884. The van der Waals surface area contributed by atoms with E-state index in [1.165, 1.54) is 17.7 Å². The van der Waals surface area contributed by atoms with Crippen LogP contribution in [0.1, 0.15) is 78.5 Å². The summed E-state index contributed by atoms with van der Waals surface area (Å²) in [6.07, 6.45) is 1.65. The lowest BCUT2D eigenvalue weighted by molar-refractivity contribution is -0.172. The van der Waals surface area contributed by atoms with Gasteiger partial charge in [0.05, 0.1) is 42.2 Å². The Hall–Kier alpha value is -4.89. The number of amides is 3. The van der Waals surface area contributed by atoms with Crippen LogP contribution >= 0.6 is 0 Å². The highest BCUT2D eigenvalue weighted by Gasteiger charge is 2.46. The summed E-state index contributed by atoms with van der Waals surface area (Å²) in [7, 11) is 1.18. The van der Waals surface area contributed by atoms with E-state index in [1.54, 1.807) is 19.9 Å². The van der Waals surface area contributed by atoms with E-state index in [4.69, 9.17) is 14.5 Å². The number of benzene rings is 1. The van der Waals surface area contributed by atoms with Crippen LogP contribution in [0, 0.1) is 18.7 Å². The van der Waals surface area contributed by atoms with E-state index in [2.05, 4.69) is 20.7 Å². The predicted octanol–water partition coefficient (Wildman–Crippen LogP) is 2.25. The smallest absolute Gasteiger partial charge is 0.407 e. The summed E-state index contributed by atoms with van der Waals surface area (Å²) in [6.45, 7) is 2.60. The second-order valence-electron chi connectivity index (χ2n) is 13.3. The average Bonchev–Trinajstić information content (AvgIpc) is 3.86.